The first-order valence-corrected chi connectivity index (χ1v) is 9.38. The number of hydrogen-bond acceptors (Lipinski definition) is 6. The summed E-state index contributed by atoms with van der Waals surface area (Å²) in [6.07, 6.45) is 1.48. The number of aryl methyl sites for hydroxylation is 1. The topological polar surface area (TPSA) is 108 Å². The van der Waals surface area contributed by atoms with Crippen LogP contribution in [0.1, 0.15) is 29.0 Å². The number of aromatic amines is 1. The SMILES string of the molecule is Cc1[nH]c(C(=O)NC2CCN(c3ncc(OC(=O)O)s3)CC2)c(Cl)c1Cl. The summed E-state index contributed by atoms with van der Waals surface area (Å²) in [5, 5.41) is 13.1. The molecule has 1 amide bonds. The lowest BCUT2D eigenvalue weighted by atomic mass is 10.1. The third-order valence-corrected chi connectivity index (χ3v) is 5.93. The molecule has 1 aliphatic heterocycles. The number of aromatic nitrogens is 2. The fourth-order valence-corrected chi connectivity index (χ4v) is 3.96. The zero-order chi connectivity index (χ0) is 18.8. The molecule has 26 heavy (non-hydrogen) atoms. The molecule has 3 rings (SSSR count). The molecular weight excluding hydrogens is 403 g/mol. The second-order valence-corrected chi connectivity index (χ2v) is 7.55. The van der Waals surface area contributed by atoms with Crippen molar-refractivity contribution < 1.29 is 19.4 Å². The molecule has 1 saturated heterocycles. The van der Waals surface area contributed by atoms with Crippen molar-refractivity contribution in [1.29, 1.82) is 0 Å². The summed E-state index contributed by atoms with van der Waals surface area (Å²) in [6.45, 7) is 3.12. The molecule has 0 spiro atoms. The Balaban J connectivity index is 1.55. The van der Waals surface area contributed by atoms with Gasteiger partial charge in [-0.25, -0.2) is 9.78 Å². The maximum atomic E-state index is 12.4. The molecular formula is C15H16Cl2N4O4S. The molecule has 8 nitrogen and oxygen atoms in total. The first-order chi connectivity index (χ1) is 12.3. The lowest BCUT2D eigenvalue weighted by Gasteiger charge is -2.32. The van der Waals surface area contributed by atoms with Gasteiger partial charge in [0.05, 0.1) is 16.2 Å². The van der Waals surface area contributed by atoms with Crippen LogP contribution in [0, 0.1) is 6.92 Å². The smallest absolute Gasteiger partial charge is 0.449 e. The Morgan fingerprint density at radius 2 is 2.08 bits per heavy atom. The van der Waals surface area contributed by atoms with Gasteiger partial charge >= 0.3 is 6.16 Å². The minimum Gasteiger partial charge on any atom is -0.449 e. The van der Waals surface area contributed by atoms with Gasteiger partial charge in [0.25, 0.3) is 5.91 Å². The molecule has 0 bridgehead atoms. The number of hydrogen-bond donors (Lipinski definition) is 3. The largest absolute Gasteiger partial charge is 0.512 e. The fraction of sp³-hybridized carbons (Fsp3) is 0.400. The van der Waals surface area contributed by atoms with Crippen molar-refractivity contribution >= 4 is 51.7 Å². The third kappa shape index (κ3) is 4.05. The molecule has 0 atom stereocenters. The van der Waals surface area contributed by atoms with Crippen molar-refractivity contribution in [3.8, 4) is 5.06 Å². The summed E-state index contributed by atoms with van der Waals surface area (Å²) in [5.41, 5.74) is 0.923. The molecule has 1 fully saturated rings. The summed E-state index contributed by atoms with van der Waals surface area (Å²) in [6, 6.07) is 0.00639. The van der Waals surface area contributed by atoms with E-state index in [1.807, 2.05) is 4.90 Å². The zero-order valence-corrected chi connectivity index (χ0v) is 16.0. The number of ether oxygens (including phenoxy) is 1. The van der Waals surface area contributed by atoms with Crippen LogP contribution >= 0.6 is 34.5 Å². The Morgan fingerprint density at radius 3 is 2.65 bits per heavy atom. The second-order valence-electron chi connectivity index (χ2n) is 5.82. The van der Waals surface area contributed by atoms with Crippen LogP contribution in [-0.4, -0.2) is 46.3 Å². The standard InChI is InChI=1S/C15H16Cl2N4O4S/c1-7-10(16)11(17)12(19-7)13(22)20-8-2-4-21(5-3-8)14-18-6-9(26-14)25-15(23)24/h6,8,19H,2-5H2,1H3,(H,20,22)(H,23,24). The number of nitrogens with zero attached hydrogens (tertiary/aromatic N) is 2. The number of thiazole rings is 1. The van der Waals surface area contributed by atoms with Crippen LogP contribution in [0.4, 0.5) is 9.93 Å². The van der Waals surface area contributed by atoms with Gasteiger partial charge in [-0.15, -0.1) is 0 Å². The van der Waals surface area contributed by atoms with Gasteiger partial charge in [0.1, 0.15) is 5.69 Å². The number of piperidine rings is 1. The van der Waals surface area contributed by atoms with Crippen molar-refractivity contribution in [2.75, 3.05) is 18.0 Å². The lowest BCUT2D eigenvalue weighted by Crippen LogP contribution is -2.44. The van der Waals surface area contributed by atoms with Crippen molar-refractivity contribution in [2.45, 2.75) is 25.8 Å². The first kappa shape index (κ1) is 18.8. The van der Waals surface area contributed by atoms with Gasteiger partial charge in [0.2, 0.25) is 5.06 Å². The Hall–Kier alpha value is -1.97. The van der Waals surface area contributed by atoms with Crippen LogP contribution in [0.25, 0.3) is 0 Å². The van der Waals surface area contributed by atoms with Crippen LogP contribution in [0.15, 0.2) is 6.20 Å². The van der Waals surface area contributed by atoms with Crippen LogP contribution in [0.2, 0.25) is 10.0 Å². The number of carbonyl (C=O) groups is 2. The molecule has 3 heterocycles. The quantitative estimate of drug-likeness (QED) is 0.655. The van der Waals surface area contributed by atoms with E-state index in [0.29, 0.717) is 28.9 Å². The van der Waals surface area contributed by atoms with E-state index in [9.17, 15) is 9.59 Å². The predicted molar refractivity (Wildman–Crippen MR) is 99.0 cm³/mol. The highest BCUT2D eigenvalue weighted by Crippen LogP contribution is 2.31. The number of halogens is 2. The highest BCUT2D eigenvalue weighted by Gasteiger charge is 2.25. The number of nitrogens with one attached hydrogen (secondary N) is 2. The predicted octanol–water partition coefficient (Wildman–Crippen LogP) is 3.54. The van der Waals surface area contributed by atoms with Gasteiger partial charge < -0.3 is 25.0 Å². The summed E-state index contributed by atoms with van der Waals surface area (Å²) in [4.78, 5) is 32.0. The number of carbonyl (C=O) groups excluding carboxylic acids is 1. The third-order valence-electron chi connectivity index (χ3n) is 4.04. The molecule has 0 aromatic carbocycles. The summed E-state index contributed by atoms with van der Waals surface area (Å²) >= 11 is 13.3. The molecule has 1 aliphatic rings. The summed E-state index contributed by atoms with van der Waals surface area (Å²) in [5.74, 6) is -0.283. The molecule has 2 aromatic rings. The highest BCUT2D eigenvalue weighted by atomic mass is 35.5. The van der Waals surface area contributed by atoms with Crippen molar-refractivity contribution in [1.82, 2.24) is 15.3 Å². The van der Waals surface area contributed by atoms with Gasteiger partial charge in [-0.2, -0.15) is 0 Å². The van der Waals surface area contributed by atoms with Crippen molar-refractivity contribution in [3.63, 3.8) is 0 Å². The fourth-order valence-electron chi connectivity index (χ4n) is 2.73. The van der Waals surface area contributed by atoms with E-state index in [0.717, 1.165) is 12.8 Å². The Bertz CT molecular complexity index is 830. The van der Waals surface area contributed by atoms with E-state index < -0.39 is 6.16 Å². The van der Waals surface area contributed by atoms with Crippen LogP contribution in [-0.2, 0) is 0 Å². The highest BCUT2D eigenvalue weighted by molar-refractivity contribution is 7.17. The molecule has 11 heteroatoms. The van der Waals surface area contributed by atoms with Crippen LogP contribution < -0.4 is 15.0 Å². The minimum atomic E-state index is -1.36. The number of rotatable bonds is 4. The van der Waals surface area contributed by atoms with E-state index in [2.05, 4.69) is 20.0 Å². The number of anilines is 1. The van der Waals surface area contributed by atoms with Gasteiger partial charge in [0, 0.05) is 24.8 Å². The van der Waals surface area contributed by atoms with E-state index in [-0.39, 0.29) is 27.7 Å². The van der Waals surface area contributed by atoms with E-state index in [1.54, 1.807) is 6.92 Å². The zero-order valence-electron chi connectivity index (χ0n) is 13.7. The molecule has 2 aromatic heterocycles. The van der Waals surface area contributed by atoms with Gasteiger partial charge in [-0.3, -0.25) is 4.79 Å². The van der Waals surface area contributed by atoms with Crippen molar-refractivity contribution in [2.24, 2.45) is 0 Å². The van der Waals surface area contributed by atoms with Gasteiger partial charge in [-0.1, -0.05) is 34.5 Å². The van der Waals surface area contributed by atoms with Gasteiger partial charge in [-0.05, 0) is 19.8 Å². The maximum Gasteiger partial charge on any atom is 0.512 e. The summed E-state index contributed by atoms with van der Waals surface area (Å²) in [7, 11) is 0. The Labute approximate surface area is 163 Å². The van der Waals surface area contributed by atoms with E-state index in [4.69, 9.17) is 28.3 Å². The van der Waals surface area contributed by atoms with Gasteiger partial charge in [0.15, 0.2) is 5.13 Å². The van der Waals surface area contributed by atoms with E-state index in [1.165, 1.54) is 17.5 Å². The molecule has 0 saturated carbocycles. The monoisotopic (exact) mass is 418 g/mol. The summed E-state index contributed by atoms with van der Waals surface area (Å²) < 4.78 is 4.59. The number of carboxylic acid groups (broad SMARTS) is 1. The molecule has 0 radical (unpaired) electrons. The molecule has 140 valence electrons. The lowest BCUT2D eigenvalue weighted by molar-refractivity contribution is 0.0926. The average Bonchev–Trinajstić information content (AvgIpc) is 3.15. The first-order valence-electron chi connectivity index (χ1n) is 7.81. The maximum absolute atomic E-state index is 12.4. The Morgan fingerprint density at radius 1 is 1.38 bits per heavy atom. The average molecular weight is 419 g/mol. The number of amides is 1. The Kier molecular flexibility index (Phi) is 5.59. The van der Waals surface area contributed by atoms with Crippen LogP contribution in [0.3, 0.4) is 0 Å². The second kappa shape index (κ2) is 7.73. The van der Waals surface area contributed by atoms with Crippen molar-refractivity contribution in [3.05, 3.63) is 27.6 Å². The molecule has 0 aliphatic carbocycles. The number of H-pyrrole nitrogens is 1. The normalized spacial score (nSPS) is 15.1. The minimum absolute atomic E-state index is 0.00639. The molecule has 0 unspecified atom stereocenters. The van der Waals surface area contributed by atoms with Crippen LogP contribution in [0.5, 0.6) is 5.06 Å². The van der Waals surface area contributed by atoms with E-state index >= 15 is 0 Å². The molecule has 3 N–H and O–H groups in total.